The minimum absolute atomic E-state index is 0.121. The molecule has 0 bridgehead atoms. The lowest BCUT2D eigenvalue weighted by molar-refractivity contribution is -0.115. The van der Waals surface area contributed by atoms with Gasteiger partial charge in [0.25, 0.3) is 0 Å². The molecule has 134 valence electrons. The number of carbonyl (C=O) groups excluding carboxylic acids is 1. The van der Waals surface area contributed by atoms with E-state index in [1.165, 1.54) is 11.8 Å². The van der Waals surface area contributed by atoms with Crippen molar-refractivity contribution < 1.29 is 9.53 Å². The van der Waals surface area contributed by atoms with Crippen LogP contribution in [0.1, 0.15) is 13.3 Å². The van der Waals surface area contributed by atoms with Gasteiger partial charge in [0, 0.05) is 0 Å². The van der Waals surface area contributed by atoms with Crippen molar-refractivity contribution in [2.45, 2.75) is 23.8 Å². The number of hydrogen-bond acceptors (Lipinski definition) is 6. The zero-order valence-electron chi connectivity index (χ0n) is 14.5. The quantitative estimate of drug-likeness (QED) is 0.644. The van der Waals surface area contributed by atoms with Crippen molar-refractivity contribution in [1.29, 1.82) is 0 Å². The summed E-state index contributed by atoms with van der Waals surface area (Å²) >= 11 is 1.33. The number of amides is 1. The Kier molecular flexibility index (Phi) is 5.85. The summed E-state index contributed by atoms with van der Waals surface area (Å²) in [7, 11) is 1.57. The smallest absolute Gasteiger partial charge is 0.238 e. The van der Waals surface area contributed by atoms with E-state index in [0.29, 0.717) is 23.0 Å². The Labute approximate surface area is 155 Å². The van der Waals surface area contributed by atoms with Gasteiger partial charge in [0.2, 0.25) is 11.1 Å². The molecular weight excluding hydrogens is 350 g/mol. The van der Waals surface area contributed by atoms with Crippen molar-refractivity contribution in [1.82, 2.24) is 20.2 Å². The Bertz CT molecular complexity index is 869. The van der Waals surface area contributed by atoms with Gasteiger partial charge in [0.05, 0.1) is 23.7 Å². The third kappa shape index (κ3) is 4.02. The fraction of sp³-hybridized carbons (Fsp3) is 0.222. The molecule has 8 heteroatoms. The van der Waals surface area contributed by atoms with Gasteiger partial charge in [-0.15, -0.1) is 5.10 Å². The first kappa shape index (κ1) is 17.9. The summed E-state index contributed by atoms with van der Waals surface area (Å²) in [5.74, 6) is 0.499. The van der Waals surface area contributed by atoms with Crippen LogP contribution in [0.2, 0.25) is 0 Å². The van der Waals surface area contributed by atoms with Gasteiger partial charge in [0.1, 0.15) is 5.75 Å². The fourth-order valence-corrected chi connectivity index (χ4v) is 3.31. The molecule has 3 rings (SSSR count). The SMILES string of the molecule is CC[C@@H](Sc1nnnn1-c1ccccc1)C(=O)Nc1ccccc1OC. The van der Waals surface area contributed by atoms with Crippen LogP contribution in [-0.2, 0) is 4.79 Å². The van der Waals surface area contributed by atoms with Gasteiger partial charge in [-0.2, -0.15) is 4.68 Å². The molecule has 0 fully saturated rings. The first-order valence-electron chi connectivity index (χ1n) is 8.17. The van der Waals surface area contributed by atoms with Crippen LogP contribution in [-0.4, -0.2) is 38.5 Å². The molecule has 7 nitrogen and oxygen atoms in total. The Morgan fingerprint density at radius 1 is 1.19 bits per heavy atom. The number of rotatable bonds is 7. The van der Waals surface area contributed by atoms with Crippen molar-refractivity contribution in [3.8, 4) is 11.4 Å². The van der Waals surface area contributed by atoms with Gasteiger partial charge >= 0.3 is 0 Å². The largest absolute Gasteiger partial charge is 0.495 e. The average Bonchev–Trinajstić information content (AvgIpc) is 3.15. The molecule has 0 saturated heterocycles. The number of aromatic nitrogens is 4. The van der Waals surface area contributed by atoms with E-state index in [-0.39, 0.29) is 11.2 Å². The Balaban J connectivity index is 1.76. The van der Waals surface area contributed by atoms with Gasteiger partial charge in [-0.1, -0.05) is 49.0 Å². The van der Waals surface area contributed by atoms with Crippen LogP contribution in [0.4, 0.5) is 5.69 Å². The number of thioether (sulfide) groups is 1. The van der Waals surface area contributed by atoms with Gasteiger partial charge in [-0.05, 0) is 41.1 Å². The molecule has 2 aromatic carbocycles. The monoisotopic (exact) mass is 369 g/mol. The maximum absolute atomic E-state index is 12.7. The minimum Gasteiger partial charge on any atom is -0.495 e. The van der Waals surface area contributed by atoms with E-state index in [2.05, 4.69) is 20.8 Å². The maximum Gasteiger partial charge on any atom is 0.238 e. The minimum atomic E-state index is -0.339. The van der Waals surface area contributed by atoms with Crippen molar-refractivity contribution in [2.75, 3.05) is 12.4 Å². The highest BCUT2D eigenvalue weighted by Gasteiger charge is 2.22. The fourth-order valence-electron chi connectivity index (χ4n) is 2.39. The topological polar surface area (TPSA) is 81.9 Å². The number of para-hydroxylation sites is 3. The van der Waals surface area contributed by atoms with Gasteiger partial charge in [-0.3, -0.25) is 4.79 Å². The standard InChI is InChI=1S/C18H19N5O2S/c1-3-16(17(24)19-14-11-7-8-12-15(14)25-2)26-18-20-21-22-23(18)13-9-5-4-6-10-13/h4-12,16H,3H2,1-2H3,(H,19,24)/t16-/m1/s1. The Morgan fingerprint density at radius 3 is 2.65 bits per heavy atom. The maximum atomic E-state index is 12.7. The summed E-state index contributed by atoms with van der Waals surface area (Å²) in [5, 5.41) is 15.0. The summed E-state index contributed by atoms with van der Waals surface area (Å²) in [5.41, 5.74) is 1.49. The van der Waals surface area contributed by atoms with Gasteiger partial charge < -0.3 is 10.1 Å². The molecule has 3 aromatic rings. The lowest BCUT2D eigenvalue weighted by atomic mass is 10.2. The first-order chi connectivity index (χ1) is 12.7. The van der Waals surface area contributed by atoms with E-state index in [9.17, 15) is 4.79 Å². The number of ether oxygens (including phenoxy) is 1. The van der Waals surface area contributed by atoms with Crippen LogP contribution in [0.25, 0.3) is 5.69 Å². The summed E-state index contributed by atoms with van der Waals surface area (Å²) in [6.45, 7) is 1.95. The van der Waals surface area contributed by atoms with Gasteiger partial charge in [-0.25, -0.2) is 0 Å². The summed E-state index contributed by atoms with van der Waals surface area (Å²) in [6, 6.07) is 16.9. The molecule has 1 heterocycles. The number of carbonyl (C=O) groups is 1. The number of nitrogens with one attached hydrogen (secondary N) is 1. The highest BCUT2D eigenvalue weighted by atomic mass is 32.2. The molecule has 0 radical (unpaired) electrons. The zero-order chi connectivity index (χ0) is 18.4. The average molecular weight is 369 g/mol. The second-order valence-electron chi connectivity index (χ2n) is 5.41. The molecule has 0 aliphatic heterocycles. The van der Waals surface area contributed by atoms with Crippen molar-refractivity contribution in [2.24, 2.45) is 0 Å². The van der Waals surface area contributed by atoms with Crippen molar-refractivity contribution >= 4 is 23.4 Å². The third-order valence-electron chi connectivity index (χ3n) is 3.72. The van der Waals surface area contributed by atoms with E-state index >= 15 is 0 Å². The normalized spacial score (nSPS) is 11.8. The van der Waals surface area contributed by atoms with E-state index in [4.69, 9.17) is 4.74 Å². The first-order valence-corrected chi connectivity index (χ1v) is 9.05. The molecule has 1 aromatic heterocycles. The van der Waals surface area contributed by atoms with Crippen LogP contribution < -0.4 is 10.1 Å². The molecule has 0 spiro atoms. The van der Waals surface area contributed by atoms with E-state index in [0.717, 1.165) is 5.69 Å². The third-order valence-corrected chi connectivity index (χ3v) is 5.01. The molecule has 1 atom stereocenters. The number of anilines is 1. The van der Waals surface area contributed by atoms with E-state index < -0.39 is 0 Å². The van der Waals surface area contributed by atoms with Crippen LogP contribution in [0.3, 0.4) is 0 Å². The zero-order valence-corrected chi connectivity index (χ0v) is 15.3. The summed E-state index contributed by atoms with van der Waals surface area (Å²) < 4.78 is 6.91. The lowest BCUT2D eigenvalue weighted by Gasteiger charge is -2.15. The lowest BCUT2D eigenvalue weighted by Crippen LogP contribution is -2.25. The highest BCUT2D eigenvalue weighted by molar-refractivity contribution is 8.00. The van der Waals surface area contributed by atoms with Crippen LogP contribution in [0.15, 0.2) is 59.8 Å². The van der Waals surface area contributed by atoms with Crippen molar-refractivity contribution in [3.05, 3.63) is 54.6 Å². The number of hydrogen-bond donors (Lipinski definition) is 1. The van der Waals surface area contributed by atoms with Gasteiger partial charge in [0.15, 0.2) is 0 Å². The van der Waals surface area contributed by atoms with Crippen LogP contribution >= 0.6 is 11.8 Å². The Morgan fingerprint density at radius 2 is 1.92 bits per heavy atom. The van der Waals surface area contributed by atoms with Crippen molar-refractivity contribution in [3.63, 3.8) is 0 Å². The number of nitrogens with zero attached hydrogens (tertiary/aromatic N) is 4. The van der Waals surface area contributed by atoms with E-state index in [1.54, 1.807) is 17.9 Å². The second kappa shape index (κ2) is 8.48. The summed E-state index contributed by atoms with van der Waals surface area (Å²) in [6.07, 6.45) is 0.632. The van der Waals surface area contributed by atoms with Crippen LogP contribution in [0.5, 0.6) is 5.75 Å². The predicted octanol–water partition coefficient (Wildman–Crippen LogP) is 3.18. The molecule has 1 N–H and O–H groups in total. The molecule has 0 aliphatic rings. The van der Waals surface area contributed by atoms with E-state index in [1.807, 2.05) is 55.5 Å². The molecule has 26 heavy (non-hydrogen) atoms. The number of benzene rings is 2. The number of tetrazole rings is 1. The molecule has 0 aliphatic carbocycles. The summed E-state index contributed by atoms with van der Waals surface area (Å²) in [4.78, 5) is 12.7. The molecule has 0 saturated carbocycles. The number of methoxy groups -OCH3 is 1. The van der Waals surface area contributed by atoms with Crippen LogP contribution in [0, 0.1) is 0 Å². The Hall–Kier alpha value is -2.87. The highest BCUT2D eigenvalue weighted by Crippen LogP contribution is 2.28. The predicted molar refractivity (Wildman–Crippen MR) is 101 cm³/mol. The second-order valence-corrected chi connectivity index (χ2v) is 6.58. The molecule has 0 unspecified atom stereocenters. The molecular formula is C18H19N5O2S. The molecule has 1 amide bonds.